The summed E-state index contributed by atoms with van der Waals surface area (Å²) in [5.74, 6) is 0.413. The molecule has 0 aliphatic carbocycles. The summed E-state index contributed by atoms with van der Waals surface area (Å²) >= 11 is 7.05. The number of nitrogens with zero attached hydrogens (tertiary/aromatic N) is 3. The number of aromatic nitrogens is 3. The van der Waals surface area contributed by atoms with Crippen LogP contribution in [0.2, 0.25) is 0 Å². The molecule has 0 unspecified atom stereocenters. The number of benzene rings is 1. The molecule has 1 amide bonds. The maximum absolute atomic E-state index is 11.6. The summed E-state index contributed by atoms with van der Waals surface area (Å²) in [5.41, 5.74) is 4.49. The summed E-state index contributed by atoms with van der Waals surface area (Å²) in [7, 11) is 0. The summed E-state index contributed by atoms with van der Waals surface area (Å²) in [6.45, 7) is 4.14. The first-order chi connectivity index (χ1) is 10.6. The van der Waals surface area contributed by atoms with Crippen LogP contribution in [0.25, 0.3) is 16.2 Å². The van der Waals surface area contributed by atoms with Crippen LogP contribution in [0.1, 0.15) is 17.5 Å². The van der Waals surface area contributed by atoms with E-state index in [4.69, 9.17) is 11.6 Å². The monoisotopic (exact) mass is 334 g/mol. The normalized spacial score (nSPS) is 11.0. The van der Waals surface area contributed by atoms with Gasteiger partial charge in [-0.3, -0.25) is 10.1 Å². The van der Waals surface area contributed by atoms with Crippen molar-refractivity contribution < 1.29 is 4.79 Å². The molecule has 1 aromatic carbocycles. The van der Waals surface area contributed by atoms with Crippen LogP contribution in [-0.4, -0.2) is 26.4 Å². The van der Waals surface area contributed by atoms with Crippen LogP contribution in [-0.2, 0) is 4.79 Å². The first kappa shape index (κ1) is 15.0. The van der Waals surface area contributed by atoms with Gasteiger partial charge in [-0.25, -0.2) is 4.52 Å². The highest BCUT2D eigenvalue weighted by Gasteiger charge is 2.14. The minimum absolute atomic E-state index is 0.179. The van der Waals surface area contributed by atoms with Gasteiger partial charge in [0.1, 0.15) is 0 Å². The number of hydrogen-bond donors (Lipinski definition) is 1. The molecular formula is C15H15ClN4OS. The number of alkyl halides is 1. The minimum atomic E-state index is -0.179. The Kier molecular flexibility index (Phi) is 4.13. The SMILES string of the molecule is Cc1ccc(-c2csc3nc(NC(=O)CCCl)nn23)c(C)c1. The van der Waals surface area contributed by atoms with Crippen LogP contribution >= 0.6 is 22.9 Å². The molecule has 22 heavy (non-hydrogen) atoms. The van der Waals surface area contributed by atoms with E-state index in [-0.39, 0.29) is 18.2 Å². The van der Waals surface area contributed by atoms with E-state index in [0.29, 0.717) is 5.95 Å². The van der Waals surface area contributed by atoms with Crippen molar-refractivity contribution in [2.24, 2.45) is 0 Å². The summed E-state index contributed by atoms with van der Waals surface area (Å²) < 4.78 is 1.76. The topological polar surface area (TPSA) is 59.3 Å². The minimum Gasteiger partial charge on any atom is -0.293 e. The molecule has 3 rings (SSSR count). The zero-order chi connectivity index (χ0) is 15.7. The lowest BCUT2D eigenvalue weighted by Gasteiger charge is -2.05. The average Bonchev–Trinajstić information content (AvgIpc) is 2.99. The molecule has 0 fully saturated rings. The third-order valence-electron chi connectivity index (χ3n) is 3.31. The molecule has 2 heterocycles. The largest absolute Gasteiger partial charge is 0.293 e. The fourth-order valence-electron chi connectivity index (χ4n) is 2.29. The number of halogens is 1. The summed E-state index contributed by atoms with van der Waals surface area (Å²) in [6, 6.07) is 6.30. The Labute approximate surface area is 136 Å². The number of anilines is 1. The zero-order valence-corrected chi connectivity index (χ0v) is 13.8. The highest BCUT2D eigenvalue weighted by molar-refractivity contribution is 7.15. The predicted molar refractivity (Wildman–Crippen MR) is 89.7 cm³/mol. The Morgan fingerprint density at radius 3 is 2.95 bits per heavy atom. The van der Waals surface area contributed by atoms with Gasteiger partial charge in [-0.2, -0.15) is 4.98 Å². The first-order valence-corrected chi connectivity index (χ1v) is 8.27. The molecular weight excluding hydrogens is 320 g/mol. The first-order valence-electron chi connectivity index (χ1n) is 6.86. The van der Waals surface area contributed by atoms with Gasteiger partial charge in [0.15, 0.2) is 0 Å². The number of carbonyl (C=O) groups excluding carboxylic acids is 1. The zero-order valence-electron chi connectivity index (χ0n) is 12.3. The Morgan fingerprint density at radius 2 is 2.23 bits per heavy atom. The van der Waals surface area contributed by atoms with Crippen molar-refractivity contribution >= 4 is 39.8 Å². The van der Waals surface area contributed by atoms with E-state index >= 15 is 0 Å². The number of hydrogen-bond acceptors (Lipinski definition) is 4. The quantitative estimate of drug-likeness (QED) is 0.741. The van der Waals surface area contributed by atoms with Crippen molar-refractivity contribution in [1.82, 2.24) is 14.6 Å². The van der Waals surface area contributed by atoms with Gasteiger partial charge in [-0.1, -0.05) is 23.8 Å². The van der Waals surface area contributed by atoms with E-state index in [0.717, 1.165) is 16.2 Å². The molecule has 0 saturated carbocycles. The van der Waals surface area contributed by atoms with E-state index in [1.807, 2.05) is 5.38 Å². The third-order valence-corrected chi connectivity index (χ3v) is 4.32. The maximum Gasteiger partial charge on any atom is 0.250 e. The fourth-order valence-corrected chi connectivity index (χ4v) is 3.29. The second kappa shape index (κ2) is 6.06. The Morgan fingerprint density at radius 1 is 1.41 bits per heavy atom. The molecule has 5 nitrogen and oxygen atoms in total. The summed E-state index contributed by atoms with van der Waals surface area (Å²) in [4.78, 5) is 16.6. The van der Waals surface area contributed by atoms with Crippen molar-refractivity contribution in [3.8, 4) is 11.3 Å². The smallest absolute Gasteiger partial charge is 0.250 e. The van der Waals surface area contributed by atoms with Gasteiger partial charge in [0.2, 0.25) is 16.8 Å². The highest BCUT2D eigenvalue weighted by Crippen LogP contribution is 2.28. The van der Waals surface area contributed by atoms with E-state index in [1.54, 1.807) is 4.52 Å². The molecule has 1 N–H and O–H groups in total. The second-order valence-electron chi connectivity index (χ2n) is 5.06. The van der Waals surface area contributed by atoms with Crippen LogP contribution in [0.15, 0.2) is 23.6 Å². The lowest BCUT2D eigenvalue weighted by Crippen LogP contribution is -2.12. The van der Waals surface area contributed by atoms with Gasteiger partial charge in [0.25, 0.3) is 0 Å². The molecule has 3 aromatic rings. The Bertz CT molecular complexity index is 839. The fraction of sp³-hybridized carbons (Fsp3) is 0.267. The molecule has 0 radical (unpaired) electrons. The van der Waals surface area contributed by atoms with E-state index in [9.17, 15) is 4.79 Å². The number of rotatable bonds is 4. The van der Waals surface area contributed by atoms with Gasteiger partial charge in [-0.15, -0.1) is 28.0 Å². The molecule has 0 aliphatic rings. The number of carbonyl (C=O) groups is 1. The van der Waals surface area contributed by atoms with Crippen LogP contribution in [0, 0.1) is 13.8 Å². The maximum atomic E-state index is 11.6. The molecule has 0 spiro atoms. The molecule has 0 bridgehead atoms. The number of amides is 1. The van der Waals surface area contributed by atoms with Crippen LogP contribution < -0.4 is 5.32 Å². The third kappa shape index (κ3) is 2.84. The standard InChI is InChI=1S/C15H15ClN4OS/c1-9-3-4-11(10(2)7-9)12-8-22-15-18-14(19-20(12)15)17-13(21)5-6-16/h3-4,7-8H,5-6H2,1-2H3,(H,17,19,21). The van der Waals surface area contributed by atoms with Crippen molar-refractivity contribution in [3.05, 3.63) is 34.7 Å². The van der Waals surface area contributed by atoms with Gasteiger partial charge in [0, 0.05) is 23.2 Å². The molecule has 0 atom stereocenters. The molecule has 0 aliphatic heterocycles. The van der Waals surface area contributed by atoms with Gasteiger partial charge < -0.3 is 0 Å². The van der Waals surface area contributed by atoms with Crippen molar-refractivity contribution in [2.75, 3.05) is 11.2 Å². The van der Waals surface area contributed by atoms with Crippen LogP contribution in [0.5, 0.6) is 0 Å². The Balaban J connectivity index is 1.98. The molecule has 2 aromatic heterocycles. The number of nitrogens with one attached hydrogen (secondary N) is 1. The lowest BCUT2D eigenvalue weighted by molar-refractivity contribution is -0.115. The number of aryl methyl sites for hydroxylation is 2. The van der Waals surface area contributed by atoms with Crippen LogP contribution in [0.4, 0.5) is 5.95 Å². The Hall–Kier alpha value is -1.92. The van der Waals surface area contributed by atoms with E-state index in [2.05, 4.69) is 47.4 Å². The van der Waals surface area contributed by atoms with Gasteiger partial charge >= 0.3 is 0 Å². The van der Waals surface area contributed by atoms with E-state index < -0.39 is 0 Å². The number of thiazole rings is 1. The number of fused-ring (bicyclic) bond motifs is 1. The van der Waals surface area contributed by atoms with E-state index in [1.165, 1.54) is 22.5 Å². The van der Waals surface area contributed by atoms with Crippen LogP contribution in [0.3, 0.4) is 0 Å². The van der Waals surface area contributed by atoms with Crippen molar-refractivity contribution in [3.63, 3.8) is 0 Å². The lowest BCUT2D eigenvalue weighted by atomic mass is 10.0. The highest BCUT2D eigenvalue weighted by atomic mass is 35.5. The second-order valence-corrected chi connectivity index (χ2v) is 6.27. The van der Waals surface area contributed by atoms with Crippen molar-refractivity contribution in [2.45, 2.75) is 20.3 Å². The molecule has 0 saturated heterocycles. The van der Waals surface area contributed by atoms with Gasteiger partial charge in [0.05, 0.1) is 5.69 Å². The molecule has 114 valence electrons. The van der Waals surface area contributed by atoms with Gasteiger partial charge in [-0.05, 0) is 19.4 Å². The average molecular weight is 335 g/mol. The molecule has 7 heteroatoms. The summed E-state index contributed by atoms with van der Waals surface area (Å²) in [6.07, 6.45) is 0.248. The summed E-state index contributed by atoms with van der Waals surface area (Å²) in [5, 5.41) is 9.06. The predicted octanol–water partition coefficient (Wildman–Crippen LogP) is 3.64. The van der Waals surface area contributed by atoms with Crippen molar-refractivity contribution in [1.29, 1.82) is 0 Å².